The number of aliphatic hydroxyl groups excluding tert-OH is 3. The number of Topliss-reactive ketones (excluding diaryl/α,β-unsaturated/α-hetero) is 3. The first-order valence-corrected chi connectivity index (χ1v) is 11.7. The maximum absolute atomic E-state index is 14.0. The highest BCUT2D eigenvalue weighted by Gasteiger charge is 2.83. The SMILES string of the molecule is C/C=C/C=C/C(O)=C1/C(O)=C(C)C(=O)[C@@]2(C)OC3(O)C(C)(C(=O)/C(=C(O)/C=C/C=C/C)C(=O)[C@]3(C)O)[C@H]12. The van der Waals surface area contributed by atoms with Crippen LogP contribution in [0.15, 0.2) is 82.6 Å². The topological polar surface area (TPSA) is 162 Å². The van der Waals surface area contributed by atoms with Gasteiger partial charge in [-0.2, -0.15) is 0 Å². The molecule has 9 heteroatoms. The summed E-state index contributed by atoms with van der Waals surface area (Å²) in [6.07, 6.45) is 11.5. The minimum Gasteiger partial charge on any atom is -0.508 e. The van der Waals surface area contributed by atoms with Crippen LogP contribution in [-0.2, 0) is 19.1 Å². The molecule has 198 valence electrons. The van der Waals surface area contributed by atoms with Crippen molar-refractivity contribution in [3.63, 3.8) is 0 Å². The van der Waals surface area contributed by atoms with E-state index in [9.17, 15) is 39.9 Å². The van der Waals surface area contributed by atoms with Crippen molar-refractivity contribution in [1.29, 1.82) is 0 Å². The van der Waals surface area contributed by atoms with Gasteiger partial charge in [-0.3, -0.25) is 14.4 Å². The Morgan fingerprint density at radius 2 is 1.35 bits per heavy atom. The highest BCUT2D eigenvalue weighted by atomic mass is 16.7. The molecule has 5 atom stereocenters. The molecule has 3 rings (SSSR count). The fourth-order valence-corrected chi connectivity index (χ4v) is 5.62. The first-order chi connectivity index (χ1) is 17.1. The van der Waals surface area contributed by atoms with Crippen molar-refractivity contribution < 1.29 is 44.7 Å². The molecule has 9 nitrogen and oxygen atoms in total. The van der Waals surface area contributed by atoms with Gasteiger partial charge in [0.05, 0.1) is 5.41 Å². The van der Waals surface area contributed by atoms with Gasteiger partial charge in [-0.25, -0.2) is 0 Å². The number of hydrogen-bond donors (Lipinski definition) is 5. The average molecular weight is 513 g/mol. The standard InChI is InChI=1S/C28H32O9/c1-7-9-11-13-16(29)18-20(31)15(3)22(32)26(5)21(18)25(4)23(33)19(17(30)14-12-10-8-2)24(34)27(6,35)28(25,36)37-26/h7-14,21,29-31,35-36H,1-6H3/b9-7+,10-8+,13-11+,14-12+,18-16+,19-17+/t21-,25?,26-,27-,28?/m0/s1. The molecular formula is C28H32O9. The molecule has 1 aliphatic heterocycles. The van der Waals surface area contributed by atoms with Crippen molar-refractivity contribution in [2.24, 2.45) is 11.3 Å². The zero-order valence-electron chi connectivity index (χ0n) is 21.6. The van der Waals surface area contributed by atoms with Gasteiger partial charge in [0.15, 0.2) is 17.2 Å². The highest BCUT2D eigenvalue weighted by Crippen LogP contribution is 2.66. The van der Waals surface area contributed by atoms with Gasteiger partial charge >= 0.3 is 0 Å². The lowest BCUT2D eigenvalue weighted by Gasteiger charge is -2.50. The van der Waals surface area contributed by atoms with Crippen LogP contribution in [0.3, 0.4) is 0 Å². The number of allylic oxidation sites excluding steroid dienone is 9. The second kappa shape index (κ2) is 9.09. The first-order valence-electron chi connectivity index (χ1n) is 11.7. The normalized spacial score (nSPS) is 39.5. The van der Waals surface area contributed by atoms with Crippen molar-refractivity contribution in [1.82, 2.24) is 0 Å². The number of carbonyl (C=O) groups excluding carboxylic acids is 3. The second-order valence-electron chi connectivity index (χ2n) is 9.85. The average Bonchev–Trinajstić information content (AvgIpc) is 3.03. The summed E-state index contributed by atoms with van der Waals surface area (Å²) in [6.45, 7) is 8.07. The minimum absolute atomic E-state index is 0.211. The second-order valence-corrected chi connectivity index (χ2v) is 9.85. The van der Waals surface area contributed by atoms with Gasteiger partial charge < -0.3 is 30.3 Å². The monoisotopic (exact) mass is 512 g/mol. The summed E-state index contributed by atoms with van der Waals surface area (Å²) in [5, 5.41) is 55.9. The summed E-state index contributed by atoms with van der Waals surface area (Å²) in [4.78, 5) is 40.8. The molecule has 0 spiro atoms. The lowest BCUT2D eigenvalue weighted by atomic mass is 9.52. The van der Waals surface area contributed by atoms with Gasteiger partial charge in [0.2, 0.25) is 11.6 Å². The van der Waals surface area contributed by atoms with E-state index in [1.165, 1.54) is 45.1 Å². The van der Waals surface area contributed by atoms with E-state index in [-0.39, 0.29) is 11.1 Å². The van der Waals surface area contributed by atoms with Crippen LogP contribution in [0.4, 0.5) is 0 Å². The third kappa shape index (κ3) is 3.53. The Balaban J connectivity index is 2.46. The van der Waals surface area contributed by atoms with E-state index in [4.69, 9.17) is 4.74 Å². The van der Waals surface area contributed by atoms with Gasteiger partial charge in [-0.15, -0.1) is 0 Å². The van der Waals surface area contributed by atoms with Crippen molar-refractivity contribution in [2.45, 2.75) is 58.5 Å². The summed E-state index contributed by atoms with van der Waals surface area (Å²) in [7, 11) is 0. The van der Waals surface area contributed by atoms with Crippen LogP contribution in [0, 0.1) is 11.3 Å². The molecule has 0 aromatic rings. The van der Waals surface area contributed by atoms with Crippen molar-refractivity contribution in [3.8, 4) is 0 Å². The van der Waals surface area contributed by atoms with E-state index in [2.05, 4.69) is 0 Å². The molecule has 1 heterocycles. The number of carbonyl (C=O) groups is 3. The molecule has 1 saturated heterocycles. The van der Waals surface area contributed by atoms with Gasteiger partial charge in [-0.05, 0) is 53.7 Å². The quantitative estimate of drug-likeness (QED) is 0.165. The Morgan fingerprint density at radius 1 is 0.838 bits per heavy atom. The summed E-state index contributed by atoms with van der Waals surface area (Å²) in [5.74, 6) is -9.75. The maximum Gasteiger partial charge on any atom is 0.217 e. The molecule has 0 aromatic carbocycles. The number of rotatable bonds is 4. The van der Waals surface area contributed by atoms with Crippen LogP contribution in [0.2, 0.25) is 0 Å². The molecular weight excluding hydrogens is 480 g/mol. The predicted molar refractivity (Wildman–Crippen MR) is 134 cm³/mol. The lowest BCUT2D eigenvalue weighted by Crippen LogP contribution is -2.72. The molecule has 0 aromatic heterocycles. The van der Waals surface area contributed by atoms with E-state index in [0.717, 1.165) is 13.0 Å². The minimum atomic E-state index is -2.98. The molecule has 2 unspecified atom stereocenters. The van der Waals surface area contributed by atoms with Gasteiger partial charge in [0.1, 0.15) is 28.5 Å². The van der Waals surface area contributed by atoms with Crippen molar-refractivity contribution >= 4 is 17.3 Å². The Hall–Kier alpha value is -3.53. The predicted octanol–water partition coefficient (Wildman–Crippen LogP) is 3.29. The molecule has 1 saturated carbocycles. The molecule has 2 fully saturated rings. The van der Waals surface area contributed by atoms with Crippen LogP contribution >= 0.6 is 0 Å². The highest BCUT2D eigenvalue weighted by molar-refractivity contribution is 6.28. The Kier molecular flexibility index (Phi) is 6.89. The van der Waals surface area contributed by atoms with E-state index >= 15 is 0 Å². The number of ether oxygens (including phenoxy) is 1. The molecule has 2 aliphatic carbocycles. The smallest absolute Gasteiger partial charge is 0.217 e. The molecule has 0 amide bonds. The number of hydrogen-bond acceptors (Lipinski definition) is 9. The van der Waals surface area contributed by atoms with E-state index < -0.39 is 68.5 Å². The van der Waals surface area contributed by atoms with Crippen LogP contribution in [-0.4, -0.2) is 59.9 Å². The number of fused-ring (bicyclic) bond motifs is 3. The number of ketones is 3. The first kappa shape index (κ1) is 28.0. The number of aliphatic hydroxyl groups is 5. The van der Waals surface area contributed by atoms with Crippen LogP contribution in [0.1, 0.15) is 41.5 Å². The fourth-order valence-electron chi connectivity index (χ4n) is 5.62. The van der Waals surface area contributed by atoms with Gasteiger partial charge in [0, 0.05) is 17.1 Å². The summed E-state index contributed by atoms with van der Waals surface area (Å²) in [5.41, 5.74) is -8.56. The Morgan fingerprint density at radius 3 is 1.86 bits per heavy atom. The zero-order chi connectivity index (χ0) is 28.1. The van der Waals surface area contributed by atoms with E-state index in [1.807, 2.05) is 0 Å². The van der Waals surface area contributed by atoms with E-state index in [1.54, 1.807) is 32.1 Å². The molecule has 0 radical (unpaired) electrons. The maximum atomic E-state index is 14.0. The van der Waals surface area contributed by atoms with Crippen LogP contribution in [0.25, 0.3) is 0 Å². The summed E-state index contributed by atoms with van der Waals surface area (Å²) >= 11 is 0. The van der Waals surface area contributed by atoms with Gasteiger partial charge in [0.25, 0.3) is 0 Å². The zero-order valence-corrected chi connectivity index (χ0v) is 21.6. The molecule has 0 bridgehead atoms. The molecule has 5 N–H and O–H groups in total. The third-order valence-corrected chi connectivity index (χ3v) is 7.56. The van der Waals surface area contributed by atoms with Crippen LogP contribution < -0.4 is 0 Å². The Bertz CT molecular complexity index is 1290. The van der Waals surface area contributed by atoms with Crippen LogP contribution in [0.5, 0.6) is 0 Å². The van der Waals surface area contributed by atoms with Gasteiger partial charge in [-0.1, -0.05) is 36.5 Å². The molecule has 37 heavy (non-hydrogen) atoms. The van der Waals surface area contributed by atoms with Crippen molar-refractivity contribution in [2.75, 3.05) is 0 Å². The molecule has 3 aliphatic rings. The summed E-state index contributed by atoms with van der Waals surface area (Å²) in [6, 6.07) is 0. The summed E-state index contributed by atoms with van der Waals surface area (Å²) < 4.78 is 5.82. The lowest BCUT2D eigenvalue weighted by molar-refractivity contribution is -0.313. The third-order valence-electron chi connectivity index (χ3n) is 7.56. The van der Waals surface area contributed by atoms with Crippen molar-refractivity contribution in [3.05, 3.63) is 82.6 Å². The van der Waals surface area contributed by atoms with E-state index in [0.29, 0.717) is 0 Å². The largest absolute Gasteiger partial charge is 0.508 e. The fraction of sp³-hybridized carbons (Fsp3) is 0.393. The Labute approximate surface area is 214 Å².